The number of piperazine rings is 1. The number of aromatic nitrogens is 1. The predicted octanol–water partition coefficient (Wildman–Crippen LogP) is 2.03. The molecule has 26 heavy (non-hydrogen) atoms. The number of nitrogens with zero attached hydrogens (tertiary/aromatic N) is 3. The smallest absolute Gasteiger partial charge is 0.180 e. The second kappa shape index (κ2) is 9.87. The van der Waals surface area contributed by atoms with Crippen LogP contribution >= 0.6 is 11.3 Å². The van der Waals surface area contributed by atoms with Gasteiger partial charge in [0.15, 0.2) is 5.13 Å². The van der Waals surface area contributed by atoms with E-state index in [1.54, 1.807) is 0 Å². The Bertz CT molecular complexity index is 669. The monoisotopic (exact) mass is 375 g/mol. The van der Waals surface area contributed by atoms with Crippen LogP contribution in [-0.4, -0.2) is 61.2 Å². The van der Waals surface area contributed by atoms with E-state index in [4.69, 9.17) is 10.5 Å². The highest BCUT2D eigenvalue weighted by Gasteiger charge is 2.13. The van der Waals surface area contributed by atoms with E-state index in [1.807, 2.05) is 17.5 Å². The summed E-state index contributed by atoms with van der Waals surface area (Å²) >= 11 is 1.47. The van der Waals surface area contributed by atoms with Crippen molar-refractivity contribution in [3.8, 4) is 5.75 Å². The van der Waals surface area contributed by atoms with Gasteiger partial charge in [-0.2, -0.15) is 0 Å². The number of likely N-dealkylation sites (N-methyl/N-ethyl adjacent to an activating group) is 1. The van der Waals surface area contributed by atoms with Gasteiger partial charge in [0, 0.05) is 56.8 Å². The third kappa shape index (κ3) is 5.95. The molecule has 1 aromatic carbocycles. The maximum absolute atomic E-state index is 6.05. The highest BCUT2D eigenvalue weighted by Crippen LogP contribution is 2.18. The molecule has 0 radical (unpaired) electrons. The van der Waals surface area contributed by atoms with Crippen LogP contribution in [0, 0.1) is 0 Å². The van der Waals surface area contributed by atoms with Crippen LogP contribution in [0.25, 0.3) is 0 Å². The van der Waals surface area contributed by atoms with Gasteiger partial charge in [-0.1, -0.05) is 18.2 Å². The van der Waals surface area contributed by atoms with Crippen molar-refractivity contribution >= 4 is 16.5 Å². The first-order valence-corrected chi connectivity index (χ1v) is 10.1. The highest BCUT2D eigenvalue weighted by atomic mass is 32.1. The molecule has 142 valence electrons. The van der Waals surface area contributed by atoms with Crippen molar-refractivity contribution < 1.29 is 4.74 Å². The molecule has 1 fully saturated rings. The molecule has 1 aromatic heterocycles. The number of thiazole rings is 1. The lowest BCUT2D eigenvalue weighted by molar-refractivity contribution is 0.145. The number of ether oxygens (including phenoxy) is 1. The molecule has 1 aliphatic rings. The molecule has 7 heteroatoms. The zero-order valence-corrected chi connectivity index (χ0v) is 16.3. The number of hydrogen-bond donors (Lipinski definition) is 2. The summed E-state index contributed by atoms with van der Waals surface area (Å²) in [5.74, 6) is 0.969. The predicted molar refractivity (Wildman–Crippen MR) is 108 cm³/mol. The maximum atomic E-state index is 6.05. The van der Waals surface area contributed by atoms with Gasteiger partial charge in [-0.15, -0.1) is 11.3 Å². The third-order valence-corrected chi connectivity index (χ3v) is 5.36. The minimum Gasteiger partial charge on any atom is -0.493 e. The van der Waals surface area contributed by atoms with Crippen molar-refractivity contribution in [2.45, 2.75) is 19.5 Å². The molecule has 0 unspecified atom stereocenters. The van der Waals surface area contributed by atoms with Crippen LogP contribution in [0.2, 0.25) is 0 Å². The van der Waals surface area contributed by atoms with Crippen molar-refractivity contribution in [2.75, 3.05) is 52.1 Å². The Kier molecular flexibility index (Phi) is 7.25. The highest BCUT2D eigenvalue weighted by molar-refractivity contribution is 7.13. The van der Waals surface area contributed by atoms with Crippen LogP contribution in [0.3, 0.4) is 0 Å². The molecule has 3 rings (SSSR count). The van der Waals surface area contributed by atoms with Crippen molar-refractivity contribution in [1.29, 1.82) is 0 Å². The first-order valence-electron chi connectivity index (χ1n) is 9.23. The number of benzene rings is 1. The van der Waals surface area contributed by atoms with Crippen molar-refractivity contribution in [2.24, 2.45) is 0 Å². The van der Waals surface area contributed by atoms with E-state index in [0.29, 0.717) is 11.7 Å². The van der Waals surface area contributed by atoms with Crippen LogP contribution < -0.4 is 15.8 Å². The van der Waals surface area contributed by atoms with Gasteiger partial charge in [0.1, 0.15) is 5.75 Å². The van der Waals surface area contributed by atoms with Crippen LogP contribution in [0.15, 0.2) is 29.6 Å². The Morgan fingerprint density at radius 3 is 2.77 bits per heavy atom. The minimum absolute atomic E-state index is 0.617. The van der Waals surface area contributed by atoms with Gasteiger partial charge in [-0.25, -0.2) is 4.98 Å². The number of rotatable bonds is 9. The van der Waals surface area contributed by atoms with E-state index < -0.39 is 0 Å². The quantitative estimate of drug-likeness (QED) is 0.654. The van der Waals surface area contributed by atoms with Gasteiger partial charge in [-0.05, 0) is 19.5 Å². The topological polar surface area (TPSA) is 66.7 Å². The molecule has 1 saturated heterocycles. The molecule has 3 N–H and O–H groups in total. The van der Waals surface area contributed by atoms with Crippen molar-refractivity contribution in [1.82, 2.24) is 20.1 Å². The molecule has 0 spiro atoms. The minimum atomic E-state index is 0.617. The van der Waals surface area contributed by atoms with Crippen LogP contribution in [0.5, 0.6) is 5.75 Å². The average molecular weight is 376 g/mol. The molecule has 0 aliphatic carbocycles. The van der Waals surface area contributed by atoms with E-state index >= 15 is 0 Å². The fraction of sp³-hybridized carbons (Fsp3) is 0.526. The molecule has 6 nitrogen and oxygen atoms in total. The summed E-state index contributed by atoms with van der Waals surface area (Å²) in [6, 6.07) is 8.24. The number of nitrogens with two attached hydrogens (primary N) is 1. The lowest BCUT2D eigenvalue weighted by atomic mass is 10.2. The summed E-state index contributed by atoms with van der Waals surface area (Å²) in [6.45, 7) is 8.00. The summed E-state index contributed by atoms with van der Waals surface area (Å²) < 4.78 is 6.05. The van der Waals surface area contributed by atoms with E-state index in [0.717, 1.165) is 50.7 Å². The summed E-state index contributed by atoms with van der Waals surface area (Å²) in [7, 11) is 2.19. The van der Waals surface area contributed by atoms with E-state index in [1.165, 1.54) is 30.0 Å². The van der Waals surface area contributed by atoms with Crippen molar-refractivity contribution in [3.05, 3.63) is 40.9 Å². The standard InChI is InChI=1S/C19H29N5OS/c1-23-8-10-24(11-9-23)7-4-12-25-18-6-3-2-5-16(18)13-21-14-17-15-26-19(20)22-17/h2-3,5-6,15,21H,4,7-14H2,1H3,(H2,20,22). The normalized spacial score (nSPS) is 16.0. The molecule has 2 aromatic rings. The van der Waals surface area contributed by atoms with Gasteiger partial charge in [0.25, 0.3) is 0 Å². The van der Waals surface area contributed by atoms with Gasteiger partial charge in [0.05, 0.1) is 12.3 Å². The molecule has 0 atom stereocenters. The van der Waals surface area contributed by atoms with Crippen LogP contribution in [0.4, 0.5) is 5.13 Å². The molecule has 0 amide bonds. The SMILES string of the molecule is CN1CCN(CCCOc2ccccc2CNCc2csc(N)n2)CC1. The number of hydrogen-bond acceptors (Lipinski definition) is 7. The summed E-state index contributed by atoms with van der Waals surface area (Å²) in [5, 5.41) is 6.02. The summed E-state index contributed by atoms with van der Waals surface area (Å²) in [5.41, 5.74) is 7.83. The number of nitrogen functional groups attached to an aromatic ring is 1. The first kappa shape index (κ1) is 19.1. The lowest BCUT2D eigenvalue weighted by Crippen LogP contribution is -2.44. The molecule has 0 bridgehead atoms. The van der Waals surface area contributed by atoms with Crippen LogP contribution in [0.1, 0.15) is 17.7 Å². The molecule has 0 saturated carbocycles. The number of nitrogens with one attached hydrogen (secondary N) is 1. The van der Waals surface area contributed by atoms with Crippen LogP contribution in [-0.2, 0) is 13.1 Å². The van der Waals surface area contributed by atoms with Gasteiger partial charge < -0.3 is 25.6 Å². The fourth-order valence-corrected chi connectivity index (χ4v) is 3.62. The fourth-order valence-electron chi connectivity index (χ4n) is 3.06. The molecular formula is C19H29N5OS. The Balaban J connectivity index is 1.39. The second-order valence-electron chi connectivity index (χ2n) is 6.74. The second-order valence-corrected chi connectivity index (χ2v) is 7.62. The van der Waals surface area contributed by atoms with E-state index in [-0.39, 0.29) is 0 Å². The zero-order valence-electron chi connectivity index (χ0n) is 15.5. The Morgan fingerprint density at radius 1 is 1.19 bits per heavy atom. The van der Waals surface area contributed by atoms with E-state index in [2.05, 4.69) is 39.3 Å². The maximum Gasteiger partial charge on any atom is 0.180 e. The largest absolute Gasteiger partial charge is 0.493 e. The molecule has 1 aliphatic heterocycles. The van der Waals surface area contributed by atoms with Gasteiger partial charge >= 0.3 is 0 Å². The lowest BCUT2D eigenvalue weighted by Gasteiger charge is -2.32. The molecule has 2 heterocycles. The summed E-state index contributed by atoms with van der Waals surface area (Å²) in [4.78, 5) is 9.18. The number of para-hydroxylation sites is 1. The van der Waals surface area contributed by atoms with E-state index in [9.17, 15) is 0 Å². The summed E-state index contributed by atoms with van der Waals surface area (Å²) in [6.07, 6.45) is 1.06. The number of anilines is 1. The zero-order chi connectivity index (χ0) is 18.2. The Labute approximate surface area is 160 Å². The van der Waals surface area contributed by atoms with Gasteiger partial charge in [0.2, 0.25) is 0 Å². The Morgan fingerprint density at radius 2 is 2.00 bits per heavy atom. The van der Waals surface area contributed by atoms with Crippen molar-refractivity contribution in [3.63, 3.8) is 0 Å². The average Bonchev–Trinajstić information content (AvgIpc) is 3.06. The Hall–Kier alpha value is -1.67. The molecular weight excluding hydrogens is 346 g/mol. The van der Waals surface area contributed by atoms with Gasteiger partial charge in [-0.3, -0.25) is 0 Å². The first-order chi connectivity index (χ1) is 12.7. The third-order valence-electron chi connectivity index (χ3n) is 4.64.